The molecule has 0 N–H and O–H groups in total. The minimum atomic E-state index is 0.870. The summed E-state index contributed by atoms with van der Waals surface area (Å²) in [5.74, 6) is 1.77. The third kappa shape index (κ3) is 1.78. The SMILES string of the molecule is COc1ccc2c(c1)Cc1c-2nc2ccc(OC)cc2c1C. The van der Waals surface area contributed by atoms with Crippen LogP contribution in [0.3, 0.4) is 0 Å². The maximum absolute atomic E-state index is 5.34. The Morgan fingerprint density at radius 2 is 1.68 bits per heavy atom. The number of benzene rings is 2. The monoisotopic (exact) mass is 291 g/mol. The second kappa shape index (κ2) is 4.73. The van der Waals surface area contributed by atoms with Crippen LogP contribution in [0.4, 0.5) is 0 Å². The van der Waals surface area contributed by atoms with Crippen LogP contribution in [0.2, 0.25) is 0 Å². The van der Waals surface area contributed by atoms with Crippen molar-refractivity contribution in [3.05, 3.63) is 53.1 Å². The first-order valence-corrected chi connectivity index (χ1v) is 7.36. The predicted molar refractivity (Wildman–Crippen MR) is 87.8 cm³/mol. The van der Waals surface area contributed by atoms with E-state index in [-0.39, 0.29) is 0 Å². The molecule has 0 atom stereocenters. The highest BCUT2D eigenvalue weighted by atomic mass is 16.5. The number of methoxy groups -OCH3 is 2. The summed E-state index contributed by atoms with van der Waals surface area (Å²) in [5, 5.41) is 1.16. The summed E-state index contributed by atoms with van der Waals surface area (Å²) in [4.78, 5) is 4.89. The van der Waals surface area contributed by atoms with Crippen LogP contribution in [0.15, 0.2) is 36.4 Å². The van der Waals surface area contributed by atoms with Gasteiger partial charge in [-0.1, -0.05) is 0 Å². The molecule has 0 saturated heterocycles. The van der Waals surface area contributed by atoms with Gasteiger partial charge in [-0.15, -0.1) is 0 Å². The molecule has 0 radical (unpaired) electrons. The van der Waals surface area contributed by atoms with E-state index in [9.17, 15) is 0 Å². The lowest BCUT2D eigenvalue weighted by atomic mass is 10.0. The van der Waals surface area contributed by atoms with Gasteiger partial charge in [0.15, 0.2) is 0 Å². The van der Waals surface area contributed by atoms with Crippen molar-refractivity contribution >= 4 is 10.9 Å². The van der Waals surface area contributed by atoms with Crippen molar-refractivity contribution < 1.29 is 9.47 Å². The Bertz CT molecular complexity index is 900. The summed E-state index contributed by atoms with van der Waals surface area (Å²) in [5.41, 5.74) is 7.22. The molecule has 2 aromatic carbocycles. The average Bonchev–Trinajstić information content (AvgIpc) is 2.92. The lowest BCUT2D eigenvalue weighted by Gasteiger charge is -2.10. The normalized spacial score (nSPS) is 12.1. The van der Waals surface area contributed by atoms with E-state index in [2.05, 4.69) is 25.1 Å². The van der Waals surface area contributed by atoms with Gasteiger partial charge in [-0.05, 0) is 60.0 Å². The molecule has 0 aliphatic heterocycles. The van der Waals surface area contributed by atoms with E-state index in [1.165, 1.54) is 22.3 Å². The summed E-state index contributed by atoms with van der Waals surface area (Å²) in [6, 6.07) is 12.3. The van der Waals surface area contributed by atoms with Gasteiger partial charge >= 0.3 is 0 Å². The molecular formula is C19H17NO2. The van der Waals surface area contributed by atoms with Crippen LogP contribution in [-0.2, 0) is 6.42 Å². The Kier molecular flexibility index (Phi) is 2.83. The zero-order valence-electron chi connectivity index (χ0n) is 12.9. The molecule has 1 aromatic heterocycles. The maximum Gasteiger partial charge on any atom is 0.119 e. The number of ether oxygens (including phenoxy) is 2. The van der Waals surface area contributed by atoms with E-state index in [1.807, 2.05) is 18.2 Å². The van der Waals surface area contributed by atoms with Gasteiger partial charge in [-0.2, -0.15) is 0 Å². The molecule has 1 aliphatic carbocycles. The van der Waals surface area contributed by atoms with Crippen LogP contribution in [-0.4, -0.2) is 19.2 Å². The number of hydrogen-bond acceptors (Lipinski definition) is 3. The van der Waals surface area contributed by atoms with E-state index in [0.29, 0.717) is 0 Å². The first kappa shape index (κ1) is 13.1. The summed E-state index contributed by atoms with van der Waals surface area (Å²) in [7, 11) is 3.40. The lowest BCUT2D eigenvalue weighted by Crippen LogP contribution is -1.93. The quantitative estimate of drug-likeness (QED) is 0.556. The van der Waals surface area contributed by atoms with Crippen molar-refractivity contribution in [3.63, 3.8) is 0 Å². The van der Waals surface area contributed by atoms with E-state index in [0.717, 1.165) is 34.5 Å². The van der Waals surface area contributed by atoms with Crippen molar-refractivity contribution in [1.82, 2.24) is 4.98 Å². The highest BCUT2D eigenvalue weighted by Crippen LogP contribution is 2.41. The van der Waals surface area contributed by atoms with Crippen LogP contribution in [0.25, 0.3) is 22.2 Å². The second-order valence-electron chi connectivity index (χ2n) is 5.65. The van der Waals surface area contributed by atoms with Gasteiger partial charge in [0.05, 0.1) is 25.4 Å². The van der Waals surface area contributed by atoms with E-state index < -0.39 is 0 Å². The van der Waals surface area contributed by atoms with Gasteiger partial charge in [0.2, 0.25) is 0 Å². The molecule has 0 spiro atoms. The number of hydrogen-bond donors (Lipinski definition) is 0. The fraction of sp³-hybridized carbons (Fsp3) is 0.211. The largest absolute Gasteiger partial charge is 0.497 e. The Labute approximate surface area is 129 Å². The van der Waals surface area contributed by atoms with Crippen LogP contribution < -0.4 is 9.47 Å². The Balaban J connectivity index is 1.96. The molecule has 0 bridgehead atoms. The minimum absolute atomic E-state index is 0.870. The number of aromatic nitrogens is 1. The number of fused-ring (bicyclic) bond motifs is 4. The van der Waals surface area contributed by atoms with Gasteiger partial charge in [0.1, 0.15) is 11.5 Å². The summed E-state index contributed by atoms with van der Waals surface area (Å²) < 4.78 is 10.7. The first-order valence-electron chi connectivity index (χ1n) is 7.36. The van der Waals surface area contributed by atoms with Gasteiger partial charge in [-0.25, -0.2) is 4.98 Å². The topological polar surface area (TPSA) is 31.4 Å². The predicted octanol–water partition coefficient (Wildman–Crippen LogP) is 4.13. The van der Waals surface area contributed by atoms with Crippen LogP contribution in [0.1, 0.15) is 16.7 Å². The zero-order chi connectivity index (χ0) is 15.3. The lowest BCUT2D eigenvalue weighted by molar-refractivity contribution is 0.414. The summed E-state index contributed by atoms with van der Waals surface area (Å²) >= 11 is 0. The highest BCUT2D eigenvalue weighted by molar-refractivity contribution is 5.90. The van der Waals surface area contributed by atoms with Crippen LogP contribution >= 0.6 is 0 Å². The molecule has 3 aromatic rings. The molecule has 0 saturated carbocycles. The third-order valence-corrected chi connectivity index (χ3v) is 4.51. The average molecular weight is 291 g/mol. The van der Waals surface area contributed by atoms with Gasteiger partial charge in [-0.3, -0.25) is 0 Å². The molecule has 22 heavy (non-hydrogen) atoms. The molecule has 0 fully saturated rings. The number of aryl methyl sites for hydroxylation is 1. The second-order valence-corrected chi connectivity index (χ2v) is 5.65. The zero-order valence-corrected chi connectivity index (χ0v) is 12.9. The Morgan fingerprint density at radius 1 is 0.955 bits per heavy atom. The van der Waals surface area contributed by atoms with Crippen LogP contribution in [0.5, 0.6) is 11.5 Å². The first-order chi connectivity index (χ1) is 10.7. The standard InChI is InChI=1S/C19H17NO2/c1-11-16-10-14(22-3)5-7-18(16)20-19-15-6-4-13(21-2)8-12(15)9-17(11)19/h4-8,10H,9H2,1-3H3. The van der Waals surface area contributed by atoms with Crippen molar-refractivity contribution in [2.24, 2.45) is 0 Å². The van der Waals surface area contributed by atoms with Gasteiger partial charge in [0.25, 0.3) is 0 Å². The molecule has 1 aliphatic rings. The number of pyridine rings is 1. The van der Waals surface area contributed by atoms with E-state index >= 15 is 0 Å². The third-order valence-electron chi connectivity index (χ3n) is 4.51. The molecule has 3 nitrogen and oxygen atoms in total. The molecule has 0 unspecified atom stereocenters. The Hall–Kier alpha value is -2.55. The fourth-order valence-corrected chi connectivity index (χ4v) is 3.27. The fourth-order valence-electron chi connectivity index (χ4n) is 3.27. The number of nitrogens with zero attached hydrogens (tertiary/aromatic N) is 1. The molecule has 1 heterocycles. The Morgan fingerprint density at radius 3 is 2.45 bits per heavy atom. The van der Waals surface area contributed by atoms with E-state index in [1.54, 1.807) is 14.2 Å². The van der Waals surface area contributed by atoms with Gasteiger partial charge < -0.3 is 9.47 Å². The van der Waals surface area contributed by atoms with E-state index in [4.69, 9.17) is 14.5 Å². The summed E-state index contributed by atoms with van der Waals surface area (Å²) in [6.45, 7) is 2.17. The van der Waals surface area contributed by atoms with Crippen LogP contribution in [0, 0.1) is 6.92 Å². The molecule has 110 valence electrons. The van der Waals surface area contributed by atoms with Crippen molar-refractivity contribution in [3.8, 4) is 22.8 Å². The molecule has 4 rings (SSSR count). The highest BCUT2D eigenvalue weighted by Gasteiger charge is 2.23. The molecule has 3 heteroatoms. The van der Waals surface area contributed by atoms with Crippen molar-refractivity contribution in [2.45, 2.75) is 13.3 Å². The molecular weight excluding hydrogens is 274 g/mol. The minimum Gasteiger partial charge on any atom is -0.497 e. The molecule has 0 amide bonds. The smallest absolute Gasteiger partial charge is 0.119 e. The number of rotatable bonds is 2. The maximum atomic E-state index is 5.34. The summed E-state index contributed by atoms with van der Waals surface area (Å²) in [6.07, 6.45) is 0.911. The van der Waals surface area contributed by atoms with Gasteiger partial charge in [0, 0.05) is 17.4 Å². The van der Waals surface area contributed by atoms with Crippen molar-refractivity contribution in [2.75, 3.05) is 14.2 Å². The van der Waals surface area contributed by atoms with Crippen molar-refractivity contribution in [1.29, 1.82) is 0 Å².